The third-order valence-electron chi connectivity index (χ3n) is 5.27. The lowest BCUT2D eigenvalue weighted by Crippen LogP contribution is -2.55. The highest BCUT2D eigenvalue weighted by atomic mass is 32.1. The molecule has 0 unspecified atom stereocenters. The van der Waals surface area contributed by atoms with Crippen molar-refractivity contribution in [3.8, 4) is 0 Å². The molecule has 20 heavy (non-hydrogen) atoms. The summed E-state index contributed by atoms with van der Waals surface area (Å²) in [7, 11) is 1.87. The Balaban J connectivity index is 1.96. The second kappa shape index (κ2) is 6.59. The molecule has 2 atom stereocenters. The van der Waals surface area contributed by atoms with Gasteiger partial charge in [0.2, 0.25) is 0 Å². The van der Waals surface area contributed by atoms with Crippen molar-refractivity contribution in [2.45, 2.75) is 50.5 Å². The molecule has 0 spiro atoms. The average Bonchev–Trinajstić information content (AvgIpc) is 3.04. The van der Waals surface area contributed by atoms with Gasteiger partial charge in [0, 0.05) is 17.9 Å². The first-order chi connectivity index (χ1) is 9.88. The highest BCUT2D eigenvalue weighted by Gasteiger charge is 2.47. The number of likely N-dealkylation sites (tertiary alicyclic amines) is 1. The zero-order valence-corrected chi connectivity index (χ0v) is 13.5. The number of ether oxygens (including phenoxy) is 1. The molecular weight excluding hydrogens is 265 g/mol. The van der Waals surface area contributed by atoms with Gasteiger partial charge in [-0.3, -0.25) is 4.90 Å². The lowest BCUT2D eigenvalue weighted by molar-refractivity contribution is -0.0437. The predicted octanol–water partition coefficient (Wildman–Crippen LogP) is 4.27. The van der Waals surface area contributed by atoms with Crippen LogP contribution in [0, 0.1) is 5.92 Å². The van der Waals surface area contributed by atoms with Gasteiger partial charge in [0.15, 0.2) is 0 Å². The number of hydrogen-bond donors (Lipinski definition) is 0. The second-order valence-electron chi connectivity index (χ2n) is 6.35. The fraction of sp³-hybridized carbons (Fsp3) is 0.765. The van der Waals surface area contributed by atoms with Crippen molar-refractivity contribution in [3.63, 3.8) is 0 Å². The van der Waals surface area contributed by atoms with E-state index in [2.05, 4.69) is 22.4 Å². The smallest absolute Gasteiger partial charge is 0.0604 e. The van der Waals surface area contributed by atoms with Gasteiger partial charge in [0.05, 0.1) is 12.1 Å². The van der Waals surface area contributed by atoms with Gasteiger partial charge in [-0.15, -0.1) is 11.3 Å². The topological polar surface area (TPSA) is 12.5 Å². The zero-order chi connectivity index (χ0) is 13.8. The van der Waals surface area contributed by atoms with Crippen molar-refractivity contribution in [3.05, 3.63) is 22.4 Å². The van der Waals surface area contributed by atoms with E-state index in [4.69, 9.17) is 4.74 Å². The Morgan fingerprint density at radius 1 is 1.25 bits per heavy atom. The fourth-order valence-corrected chi connectivity index (χ4v) is 5.43. The SMILES string of the molecule is [11CH3]OC[C@@H]1CCCC[C@]1(c1cccs1)N1CCCCC1. The largest absolute Gasteiger partial charge is 0.384 e. The van der Waals surface area contributed by atoms with E-state index in [1.807, 2.05) is 18.4 Å². The van der Waals surface area contributed by atoms with E-state index >= 15 is 0 Å². The summed E-state index contributed by atoms with van der Waals surface area (Å²) in [6, 6.07) is 4.59. The molecule has 1 aliphatic heterocycles. The van der Waals surface area contributed by atoms with Crippen LogP contribution >= 0.6 is 11.3 Å². The first kappa shape index (κ1) is 14.6. The molecule has 2 nitrogen and oxygen atoms in total. The number of piperidine rings is 1. The Labute approximate surface area is 127 Å². The van der Waals surface area contributed by atoms with Gasteiger partial charge < -0.3 is 4.74 Å². The molecule has 3 heteroatoms. The van der Waals surface area contributed by atoms with Gasteiger partial charge in [-0.1, -0.05) is 25.3 Å². The minimum Gasteiger partial charge on any atom is -0.384 e. The Bertz CT molecular complexity index is 384. The Kier molecular flexibility index (Phi) is 4.79. The summed E-state index contributed by atoms with van der Waals surface area (Å²) in [5.74, 6) is 0.665. The van der Waals surface area contributed by atoms with Crippen molar-refractivity contribution in [2.75, 3.05) is 26.8 Å². The molecule has 2 heterocycles. The molecule has 1 aromatic rings. The normalized spacial score (nSPS) is 32.4. The van der Waals surface area contributed by atoms with Crippen molar-refractivity contribution < 1.29 is 4.74 Å². The molecular formula is C17H27NOS. The minimum absolute atomic E-state index is 0.267. The molecule has 1 saturated carbocycles. The molecule has 112 valence electrons. The number of thiophene rings is 1. The highest BCUT2D eigenvalue weighted by Crippen LogP contribution is 2.48. The average molecular weight is 292 g/mol. The van der Waals surface area contributed by atoms with Crippen LogP contribution in [0.1, 0.15) is 49.8 Å². The summed E-state index contributed by atoms with van der Waals surface area (Å²) in [6.45, 7) is 3.46. The molecule has 1 aliphatic carbocycles. The number of hydrogen-bond acceptors (Lipinski definition) is 3. The number of methoxy groups -OCH3 is 1. The first-order valence-electron chi connectivity index (χ1n) is 8.16. The standard InChI is InChI=1S/C17H27NOS/c1-19-14-15-8-3-4-10-17(15,16-9-7-13-20-16)18-11-5-2-6-12-18/h7,9,13,15H,2-6,8,10-12,14H2,1H3/t15-,17-/m0/s1/i1-1. The van der Waals surface area contributed by atoms with Crippen LogP contribution in [0.25, 0.3) is 0 Å². The molecule has 0 amide bonds. The molecule has 0 N–H and O–H groups in total. The van der Waals surface area contributed by atoms with Crippen LogP contribution in [0.4, 0.5) is 0 Å². The van der Waals surface area contributed by atoms with Gasteiger partial charge >= 0.3 is 0 Å². The van der Waals surface area contributed by atoms with Gasteiger partial charge in [0.1, 0.15) is 0 Å². The van der Waals surface area contributed by atoms with E-state index in [0.29, 0.717) is 5.92 Å². The van der Waals surface area contributed by atoms with Gasteiger partial charge in [-0.2, -0.15) is 0 Å². The van der Waals surface area contributed by atoms with Crippen LogP contribution in [-0.4, -0.2) is 31.7 Å². The van der Waals surface area contributed by atoms with Crippen molar-refractivity contribution >= 4 is 11.3 Å². The molecule has 2 aliphatic rings. The summed E-state index contributed by atoms with van der Waals surface area (Å²) >= 11 is 1.95. The monoisotopic (exact) mass is 292 g/mol. The van der Waals surface area contributed by atoms with E-state index < -0.39 is 0 Å². The van der Waals surface area contributed by atoms with E-state index in [1.165, 1.54) is 58.0 Å². The number of nitrogens with zero attached hydrogens (tertiary/aromatic N) is 1. The second-order valence-corrected chi connectivity index (χ2v) is 7.30. The van der Waals surface area contributed by atoms with Gasteiger partial charge in [-0.05, 0) is 50.2 Å². The molecule has 0 bridgehead atoms. The molecule has 3 rings (SSSR count). The van der Waals surface area contributed by atoms with Crippen LogP contribution in [0.3, 0.4) is 0 Å². The van der Waals surface area contributed by atoms with E-state index in [0.717, 1.165) is 6.61 Å². The summed E-state index contributed by atoms with van der Waals surface area (Å²) in [5.41, 5.74) is 0.267. The Morgan fingerprint density at radius 3 is 2.80 bits per heavy atom. The summed E-state index contributed by atoms with van der Waals surface area (Å²) in [4.78, 5) is 4.40. The fourth-order valence-electron chi connectivity index (χ4n) is 4.36. The van der Waals surface area contributed by atoms with Crippen LogP contribution in [0.15, 0.2) is 17.5 Å². The van der Waals surface area contributed by atoms with E-state index in [9.17, 15) is 0 Å². The summed E-state index contributed by atoms with van der Waals surface area (Å²) < 4.78 is 5.60. The number of rotatable bonds is 4. The third kappa shape index (κ3) is 2.56. The maximum Gasteiger partial charge on any atom is 0.0604 e. The maximum atomic E-state index is 5.60. The van der Waals surface area contributed by atoms with Crippen LogP contribution < -0.4 is 0 Å². The zero-order valence-electron chi connectivity index (χ0n) is 12.6. The molecule has 0 radical (unpaired) electrons. The quantitative estimate of drug-likeness (QED) is 0.822. The lowest BCUT2D eigenvalue weighted by Gasteiger charge is -2.52. The summed E-state index contributed by atoms with van der Waals surface area (Å²) in [6.07, 6.45) is 9.53. The maximum absolute atomic E-state index is 5.60. The third-order valence-corrected chi connectivity index (χ3v) is 6.31. The molecule has 2 fully saturated rings. The van der Waals surface area contributed by atoms with E-state index in [1.54, 1.807) is 4.88 Å². The predicted molar refractivity (Wildman–Crippen MR) is 85.3 cm³/mol. The minimum atomic E-state index is 0.267. The van der Waals surface area contributed by atoms with Gasteiger partial charge in [-0.25, -0.2) is 0 Å². The van der Waals surface area contributed by atoms with Crippen LogP contribution in [0.5, 0.6) is 0 Å². The van der Waals surface area contributed by atoms with Crippen molar-refractivity contribution in [2.24, 2.45) is 5.92 Å². The molecule has 1 aromatic heterocycles. The Hall–Kier alpha value is -0.380. The Morgan fingerprint density at radius 2 is 2.10 bits per heavy atom. The van der Waals surface area contributed by atoms with Crippen LogP contribution in [-0.2, 0) is 10.3 Å². The highest BCUT2D eigenvalue weighted by molar-refractivity contribution is 7.10. The van der Waals surface area contributed by atoms with Crippen LogP contribution in [0.2, 0.25) is 0 Å². The first-order valence-corrected chi connectivity index (χ1v) is 9.04. The molecule has 0 aromatic carbocycles. The van der Waals surface area contributed by atoms with Crippen molar-refractivity contribution in [1.29, 1.82) is 0 Å². The molecule has 1 saturated heterocycles. The summed E-state index contributed by atoms with van der Waals surface area (Å²) in [5, 5.41) is 2.25. The van der Waals surface area contributed by atoms with Gasteiger partial charge in [0.25, 0.3) is 0 Å². The van der Waals surface area contributed by atoms with E-state index in [-0.39, 0.29) is 5.54 Å². The van der Waals surface area contributed by atoms with Crippen molar-refractivity contribution in [1.82, 2.24) is 4.90 Å². The lowest BCUT2D eigenvalue weighted by atomic mass is 9.70.